The highest BCUT2D eigenvalue weighted by Crippen LogP contribution is 2.31. The fourth-order valence-corrected chi connectivity index (χ4v) is 3.62. The van der Waals surface area contributed by atoms with Gasteiger partial charge in [0.1, 0.15) is 11.6 Å². The van der Waals surface area contributed by atoms with Crippen LogP contribution in [0.15, 0.2) is 85.5 Å². The molecule has 1 N–H and O–H groups in total. The first kappa shape index (κ1) is 19.8. The highest BCUT2D eigenvalue weighted by molar-refractivity contribution is 5.94. The molecule has 0 aliphatic rings. The van der Waals surface area contributed by atoms with Gasteiger partial charge in [-0.25, -0.2) is 14.4 Å². The fourth-order valence-electron chi connectivity index (χ4n) is 3.62. The number of benzene rings is 2. The summed E-state index contributed by atoms with van der Waals surface area (Å²) >= 11 is 0. The van der Waals surface area contributed by atoms with Crippen LogP contribution < -0.4 is 5.32 Å². The molecule has 0 amide bonds. The Morgan fingerprint density at radius 2 is 1.59 bits per heavy atom. The molecule has 0 atom stereocenters. The first-order valence-corrected chi connectivity index (χ1v) is 10.4. The predicted molar refractivity (Wildman–Crippen MR) is 125 cm³/mol. The van der Waals surface area contributed by atoms with E-state index in [9.17, 15) is 4.39 Å². The van der Waals surface area contributed by atoms with Crippen LogP contribution in [0.2, 0.25) is 0 Å². The van der Waals surface area contributed by atoms with Crippen LogP contribution in [0, 0.1) is 5.82 Å². The molecule has 0 unspecified atom stereocenters. The van der Waals surface area contributed by atoms with Crippen molar-refractivity contribution in [3.8, 4) is 22.5 Å². The molecule has 5 nitrogen and oxygen atoms in total. The Morgan fingerprint density at radius 1 is 0.812 bits per heavy atom. The van der Waals surface area contributed by atoms with E-state index in [0.29, 0.717) is 23.6 Å². The summed E-state index contributed by atoms with van der Waals surface area (Å²) in [7, 11) is 0. The average Bonchev–Trinajstić information content (AvgIpc) is 2.85. The minimum absolute atomic E-state index is 0.206. The van der Waals surface area contributed by atoms with Crippen LogP contribution in [0.1, 0.15) is 12.5 Å². The highest BCUT2D eigenvalue weighted by atomic mass is 19.1. The molecule has 0 saturated heterocycles. The Hall–Kier alpha value is -4.19. The number of pyridine rings is 2. The van der Waals surface area contributed by atoms with E-state index >= 15 is 0 Å². The lowest BCUT2D eigenvalue weighted by molar-refractivity contribution is 0.612. The van der Waals surface area contributed by atoms with Gasteiger partial charge in [0.2, 0.25) is 0 Å². The maximum absolute atomic E-state index is 14.0. The summed E-state index contributed by atoms with van der Waals surface area (Å²) in [6.07, 6.45) is 7.65. The van der Waals surface area contributed by atoms with Gasteiger partial charge in [-0.1, -0.05) is 19.1 Å². The number of rotatable bonds is 5. The lowest BCUT2D eigenvalue weighted by atomic mass is 10.1. The first-order valence-electron chi connectivity index (χ1n) is 10.4. The van der Waals surface area contributed by atoms with Crippen LogP contribution in [0.4, 0.5) is 15.9 Å². The molecule has 5 rings (SSSR count). The SMILES string of the molecule is CCc1cc(Nc2nc(-c3cccnc3)nc3cc(-c4cccnc4)ccc23)ccc1F. The summed E-state index contributed by atoms with van der Waals surface area (Å²) in [5, 5.41) is 4.24. The standard InChI is InChI=1S/C26H20FN5/c1-2-17-13-21(8-10-23(17)27)30-26-22-9-7-18(19-5-3-11-28-15-19)14-24(22)31-25(32-26)20-6-4-12-29-16-20/h3-16H,2H2,1H3,(H,30,31,32). The van der Waals surface area contributed by atoms with Crippen molar-refractivity contribution >= 4 is 22.4 Å². The van der Waals surface area contributed by atoms with Crippen LogP contribution in [-0.2, 0) is 6.42 Å². The van der Waals surface area contributed by atoms with E-state index in [1.807, 2.05) is 61.7 Å². The maximum atomic E-state index is 14.0. The zero-order valence-corrected chi connectivity index (χ0v) is 17.5. The quantitative estimate of drug-likeness (QED) is 0.366. The number of fused-ring (bicyclic) bond motifs is 1. The van der Waals surface area contributed by atoms with Crippen molar-refractivity contribution in [2.24, 2.45) is 0 Å². The molecule has 156 valence electrons. The number of hydrogen-bond donors (Lipinski definition) is 1. The average molecular weight is 421 g/mol. The Labute approximate surface area is 185 Å². The van der Waals surface area contributed by atoms with E-state index in [1.165, 1.54) is 6.07 Å². The van der Waals surface area contributed by atoms with Crippen molar-refractivity contribution in [2.45, 2.75) is 13.3 Å². The predicted octanol–water partition coefficient (Wildman–Crippen LogP) is 6.20. The summed E-state index contributed by atoms with van der Waals surface area (Å²) in [6.45, 7) is 1.93. The smallest absolute Gasteiger partial charge is 0.163 e. The Kier molecular flexibility index (Phi) is 5.25. The molecule has 0 bridgehead atoms. The second-order valence-electron chi connectivity index (χ2n) is 7.40. The number of hydrogen-bond acceptors (Lipinski definition) is 5. The Bertz CT molecular complexity index is 1380. The van der Waals surface area contributed by atoms with Crippen LogP contribution >= 0.6 is 0 Å². The number of aryl methyl sites for hydroxylation is 1. The molecular formula is C26H20FN5. The van der Waals surface area contributed by atoms with E-state index in [4.69, 9.17) is 9.97 Å². The number of nitrogens with one attached hydrogen (secondary N) is 1. The molecule has 5 aromatic rings. The Balaban J connectivity index is 1.66. The highest BCUT2D eigenvalue weighted by Gasteiger charge is 2.12. The summed E-state index contributed by atoms with van der Waals surface area (Å²) in [6, 6.07) is 18.8. The fraction of sp³-hybridized carbons (Fsp3) is 0.0769. The second kappa shape index (κ2) is 8.51. The molecule has 0 spiro atoms. The van der Waals surface area contributed by atoms with Crippen molar-refractivity contribution < 1.29 is 4.39 Å². The van der Waals surface area contributed by atoms with Crippen LogP contribution in [0.3, 0.4) is 0 Å². The second-order valence-corrected chi connectivity index (χ2v) is 7.40. The molecule has 3 heterocycles. The molecule has 6 heteroatoms. The van der Waals surface area contributed by atoms with E-state index in [2.05, 4.69) is 15.3 Å². The van der Waals surface area contributed by atoms with Crippen LogP contribution in [0.5, 0.6) is 0 Å². The van der Waals surface area contributed by atoms with Gasteiger partial charge in [0.25, 0.3) is 0 Å². The van der Waals surface area contributed by atoms with Gasteiger partial charge in [0.15, 0.2) is 5.82 Å². The van der Waals surface area contributed by atoms with E-state index < -0.39 is 0 Å². The van der Waals surface area contributed by atoms with Crippen LogP contribution in [-0.4, -0.2) is 19.9 Å². The molecular weight excluding hydrogens is 401 g/mol. The normalized spacial score (nSPS) is 10.9. The van der Waals surface area contributed by atoms with E-state index in [0.717, 1.165) is 33.3 Å². The third-order valence-electron chi connectivity index (χ3n) is 5.30. The van der Waals surface area contributed by atoms with Gasteiger partial charge in [0.05, 0.1) is 5.52 Å². The molecule has 0 saturated carbocycles. The van der Waals surface area contributed by atoms with Crippen LogP contribution in [0.25, 0.3) is 33.4 Å². The van der Waals surface area contributed by atoms with Gasteiger partial charge >= 0.3 is 0 Å². The summed E-state index contributed by atoms with van der Waals surface area (Å²) in [5.74, 6) is 1.01. The summed E-state index contributed by atoms with van der Waals surface area (Å²) in [5.41, 5.74) is 5.06. The van der Waals surface area contributed by atoms with E-state index in [1.54, 1.807) is 24.7 Å². The first-order chi connectivity index (χ1) is 15.7. The minimum atomic E-state index is -0.206. The third kappa shape index (κ3) is 3.90. The Morgan fingerprint density at radius 3 is 2.31 bits per heavy atom. The topological polar surface area (TPSA) is 63.6 Å². The molecule has 0 fully saturated rings. The van der Waals surface area contributed by atoms with Gasteiger partial charge in [-0.15, -0.1) is 0 Å². The van der Waals surface area contributed by atoms with Gasteiger partial charge in [-0.2, -0.15) is 0 Å². The molecule has 3 aromatic heterocycles. The van der Waals surface area contributed by atoms with Crippen molar-refractivity contribution in [1.82, 2.24) is 19.9 Å². The lowest BCUT2D eigenvalue weighted by Crippen LogP contribution is -2.01. The number of aromatic nitrogens is 4. The summed E-state index contributed by atoms with van der Waals surface area (Å²) < 4.78 is 14.0. The monoisotopic (exact) mass is 421 g/mol. The molecule has 0 radical (unpaired) electrons. The van der Waals surface area contributed by atoms with Crippen molar-refractivity contribution in [2.75, 3.05) is 5.32 Å². The van der Waals surface area contributed by atoms with Gasteiger partial charge < -0.3 is 5.32 Å². The zero-order chi connectivity index (χ0) is 21.9. The number of nitrogens with zero attached hydrogens (tertiary/aromatic N) is 4. The minimum Gasteiger partial charge on any atom is -0.340 e. The molecule has 2 aromatic carbocycles. The van der Waals surface area contributed by atoms with E-state index in [-0.39, 0.29) is 5.82 Å². The molecule has 0 aliphatic carbocycles. The molecule has 0 aliphatic heterocycles. The van der Waals surface area contributed by atoms with Crippen molar-refractivity contribution in [3.05, 3.63) is 96.8 Å². The van der Waals surface area contributed by atoms with Crippen molar-refractivity contribution in [1.29, 1.82) is 0 Å². The third-order valence-corrected chi connectivity index (χ3v) is 5.30. The van der Waals surface area contributed by atoms with Gasteiger partial charge in [-0.05, 0) is 66.1 Å². The maximum Gasteiger partial charge on any atom is 0.163 e. The molecule has 32 heavy (non-hydrogen) atoms. The summed E-state index contributed by atoms with van der Waals surface area (Å²) in [4.78, 5) is 18.0. The van der Waals surface area contributed by atoms with Gasteiger partial charge in [0, 0.05) is 47.0 Å². The zero-order valence-electron chi connectivity index (χ0n) is 17.5. The number of halogens is 1. The van der Waals surface area contributed by atoms with Gasteiger partial charge in [-0.3, -0.25) is 9.97 Å². The number of anilines is 2. The van der Waals surface area contributed by atoms with Crippen molar-refractivity contribution in [3.63, 3.8) is 0 Å². The largest absolute Gasteiger partial charge is 0.340 e. The lowest BCUT2D eigenvalue weighted by Gasteiger charge is -2.13.